The van der Waals surface area contributed by atoms with Gasteiger partial charge in [-0.2, -0.15) is 0 Å². The van der Waals surface area contributed by atoms with Gasteiger partial charge in [-0.25, -0.2) is 0 Å². The van der Waals surface area contributed by atoms with Crippen LogP contribution in [0.4, 0.5) is 5.69 Å². The predicted octanol–water partition coefficient (Wildman–Crippen LogP) is 3.81. The summed E-state index contributed by atoms with van der Waals surface area (Å²) in [5, 5.41) is 3.45. The van der Waals surface area contributed by atoms with Gasteiger partial charge in [-0.3, -0.25) is 4.79 Å². The van der Waals surface area contributed by atoms with Gasteiger partial charge in [0, 0.05) is 12.1 Å². The van der Waals surface area contributed by atoms with E-state index in [4.69, 9.17) is 22.1 Å². The maximum absolute atomic E-state index is 12.4. The third-order valence-electron chi connectivity index (χ3n) is 3.75. The molecular formula is C15H22Cl2N2O2. The summed E-state index contributed by atoms with van der Waals surface area (Å²) < 4.78 is 5.22. The molecule has 1 aliphatic carbocycles. The summed E-state index contributed by atoms with van der Waals surface area (Å²) in [6.45, 7) is 0. The number of anilines is 1. The van der Waals surface area contributed by atoms with Crippen molar-refractivity contribution in [2.45, 2.75) is 44.6 Å². The number of hydrogen-bond donors (Lipinski definition) is 2. The third-order valence-corrected chi connectivity index (χ3v) is 4.08. The first kappa shape index (κ1) is 17.9. The monoisotopic (exact) mass is 332 g/mol. The van der Waals surface area contributed by atoms with Crippen LogP contribution in [0.5, 0.6) is 5.75 Å². The lowest BCUT2D eigenvalue weighted by Gasteiger charge is -2.17. The molecule has 0 aromatic heterocycles. The van der Waals surface area contributed by atoms with Crippen molar-refractivity contribution in [3.05, 3.63) is 22.7 Å². The summed E-state index contributed by atoms with van der Waals surface area (Å²) in [4.78, 5) is 12.4. The average molecular weight is 333 g/mol. The number of ether oxygens (including phenoxy) is 1. The van der Waals surface area contributed by atoms with Crippen LogP contribution in [0.1, 0.15) is 48.9 Å². The maximum Gasteiger partial charge on any atom is 0.255 e. The van der Waals surface area contributed by atoms with Crippen LogP contribution in [0.2, 0.25) is 5.02 Å². The highest BCUT2D eigenvalue weighted by atomic mass is 35.5. The van der Waals surface area contributed by atoms with Gasteiger partial charge in [0.25, 0.3) is 5.91 Å². The SMILES string of the molecule is COc1cc(N)c(Cl)cc1C(=O)NC1CCCCCC1.Cl. The summed E-state index contributed by atoms with van der Waals surface area (Å²) in [5.41, 5.74) is 6.58. The van der Waals surface area contributed by atoms with Gasteiger partial charge >= 0.3 is 0 Å². The molecule has 0 aliphatic heterocycles. The van der Waals surface area contributed by atoms with E-state index >= 15 is 0 Å². The molecule has 1 fully saturated rings. The molecule has 6 heteroatoms. The molecule has 1 saturated carbocycles. The highest BCUT2D eigenvalue weighted by molar-refractivity contribution is 6.33. The quantitative estimate of drug-likeness (QED) is 0.653. The highest BCUT2D eigenvalue weighted by Crippen LogP contribution is 2.29. The van der Waals surface area contributed by atoms with Gasteiger partial charge in [-0.15, -0.1) is 12.4 Å². The van der Waals surface area contributed by atoms with Gasteiger partial charge in [-0.05, 0) is 18.9 Å². The Morgan fingerprint density at radius 1 is 1.29 bits per heavy atom. The molecule has 4 nitrogen and oxygen atoms in total. The topological polar surface area (TPSA) is 64.3 Å². The number of nitrogens with two attached hydrogens (primary N) is 1. The zero-order valence-corrected chi connectivity index (χ0v) is 13.7. The Balaban J connectivity index is 0.00000220. The van der Waals surface area contributed by atoms with Crippen LogP contribution in [0.3, 0.4) is 0 Å². The number of carbonyl (C=O) groups is 1. The zero-order valence-electron chi connectivity index (χ0n) is 12.2. The van der Waals surface area contributed by atoms with Gasteiger partial charge < -0.3 is 15.8 Å². The standard InChI is InChI=1S/C15H21ClN2O2.ClH/c1-20-14-9-13(17)12(16)8-11(14)15(19)18-10-6-4-2-3-5-7-10;/h8-10H,2-7,17H2,1H3,(H,18,19);1H. The molecule has 0 radical (unpaired) electrons. The fourth-order valence-corrected chi connectivity index (χ4v) is 2.77. The van der Waals surface area contributed by atoms with E-state index in [0.717, 1.165) is 12.8 Å². The predicted molar refractivity (Wildman–Crippen MR) is 88.6 cm³/mol. The summed E-state index contributed by atoms with van der Waals surface area (Å²) in [7, 11) is 1.52. The van der Waals surface area contributed by atoms with Crippen molar-refractivity contribution >= 4 is 35.6 Å². The lowest BCUT2D eigenvalue weighted by Crippen LogP contribution is -2.34. The average Bonchev–Trinajstić information content (AvgIpc) is 2.69. The zero-order chi connectivity index (χ0) is 14.5. The van der Waals surface area contributed by atoms with Gasteiger partial charge in [0.2, 0.25) is 0 Å². The summed E-state index contributed by atoms with van der Waals surface area (Å²) in [5.74, 6) is 0.314. The molecule has 0 spiro atoms. The molecule has 0 atom stereocenters. The van der Waals surface area contributed by atoms with Gasteiger partial charge in [0.05, 0.1) is 23.4 Å². The second kappa shape index (κ2) is 8.35. The van der Waals surface area contributed by atoms with Crippen LogP contribution in [0.15, 0.2) is 12.1 Å². The Hall–Kier alpha value is -1.13. The molecule has 1 amide bonds. The molecule has 1 aromatic rings. The van der Waals surface area contributed by atoms with Gasteiger partial charge in [-0.1, -0.05) is 37.3 Å². The lowest BCUT2D eigenvalue weighted by atomic mass is 10.1. The molecule has 2 rings (SSSR count). The van der Waals surface area contributed by atoms with Crippen molar-refractivity contribution < 1.29 is 9.53 Å². The first-order valence-corrected chi connectivity index (χ1v) is 7.43. The van der Waals surface area contributed by atoms with E-state index in [0.29, 0.717) is 22.0 Å². The molecule has 1 aromatic carbocycles. The largest absolute Gasteiger partial charge is 0.496 e. The van der Waals surface area contributed by atoms with Crippen LogP contribution < -0.4 is 15.8 Å². The van der Waals surface area contributed by atoms with E-state index in [1.165, 1.54) is 32.8 Å². The second-order valence-corrected chi connectivity index (χ2v) is 5.64. The van der Waals surface area contributed by atoms with E-state index < -0.39 is 0 Å². The number of amides is 1. The minimum atomic E-state index is -0.143. The van der Waals surface area contributed by atoms with Crippen LogP contribution in [0.25, 0.3) is 0 Å². The maximum atomic E-state index is 12.4. The minimum absolute atomic E-state index is 0. The molecular weight excluding hydrogens is 311 g/mol. The number of carbonyl (C=O) groups excluding carboxylic acids is 1. The first-order chi connectivity index (χ1) is 9.61. The molecule has 21 heavy (non-hydrogen) atoms. The normalized spacial score (nSPS) is 15.7. The molecule has 0 saturated heterocycles. The smallest absolute Gasteiger partial charge is 0.255 e. The van der Waals surface area contributed by atoms with E-state index in [9.17, 15) is 4.79 Å². The van der Waals surface area contributed by atoms with Crippen LogP contribution in [0, 0.1) is 0 Å². The summed E-state index contributed by atoms with van der Waals surface area (Å²) >= 11 is 6.00. The van der Waals surface area contributed by atoms with E-state index in [1.807, 2.05) is 0 Å². The number of hydrogen-bond acceptors (Lipinski definition) is 3. The van der Waals surface area contributed by atoms with Gasteiger partial charge in [0.1, 0.15) is 5.75 Å². The minimum Gasteiger partial charge on any atom is -0.496 e. The number of methoxy groups -OCH3 is 1. The Morgan fingerprint density at radius 2 is 1.90 bits per heavy atom. The van der Waals surface area contributed by atoms with E-state index in [1.54, 1.807) is 12.1 Å². The molecule has 3 N–H and O–H groups in total. The van der Waals surface area contributed by atoms with Gasteiger partial charge in [0.15, 0.2) is 0 Å². The number of halogens is 2. The second-order valence-electron chi connectivity index (χ2n) is 5.24. The number of benzene rings is 1. The number of nitrogen functional groups attached to an aromatic ring is 1. The molecule has 0 heterocycles. The molecule has 1 aliphatic rings. The Labute approximate surface area is 136 Å². The van der Waals surface area contributed by atoms with Crippen LogP contribution in [-0.2, 0) is 0 Å². The van der Waals surface area contributed by atoms with E-state index in [2.05, 4.69) is 5.32 Å². The van der Waals surface area contributed by atoms with Crippen LogP contribution in [-0.4, -0.2) is 19.1 Å². The van der Waals surface area contributed by atoms with Crippen LogP contribution >= 0.6 is 24.0 Å². The van der Waals surface area contributed by atoms with E-state index in [-0.39, 0.29) is 24.4 Å². The molecule has 0 unspecified atom stereocenters. The van der Waals surface area contributed by atoms with Crippen molar-refractivity contribution in [3.63, 3.8) is 0 Å². The third kappa shape index (κ3) is 4.68. The summed E-state index contributed by atoms with van der Waals surface area (Å²) in [6.07, 6.45) is 6.93. The fraction of sp³-hybridized carbons (Fsp3) is 0.533. The number of nitrogens with one attached hydrogen (secondary N) is 1. The fourth-order valence-electron chi connectivity index (χ4n) is 2.60. The Morgan fingerprint density at radius 3 is 2.48 bits per heavy atom. The number of rotatable bonds is 3. The van der Waals surface area contributed by atoms with Crippen molar-refractivity contribution in [2.24, 2.45) is 0 Å². The van der Waals surface area contributed by atoms with Crippen molar-refractivity contribution in [2.75, 3.05) is 12.8 Å². The summed E-state index contributed by atoms with van der Waals surface area (Å²) in [6, 6.07) is 3.40. The molecule has 0 bridgehead atoms. The lowest BCUT2D eigenvalue weighted by molar-refractivity contribution is 0.0930. The van der Waals surface area contributed by atoms with Crippen molar-refractivity contribution in [1.82, 2.24) is 5.32 Å². The first-order valence-electron chi connectivity index (χ1n) is 7.05. The Kier molecular flexibility index (Phi) is 7.12. The molecule has 118 valence electrons. The Bertz CT molecular complexity index is 487. The van der Waals surface area contributed by atoms with Crippen molar-refractivity contribution in [1.29, 1.82) is 0 Å². The highest BCUT2D eigenvalue weighted by Gasteiger charge is 2.19. The van der Waals surface area contributed by atoms with Crippen molar-refractivity contribution in [3.8, 4) is 5.75 Å².